The van der Waals surface area contributed by atoms with E-state index in [9.17, 15) is 4.79 Å². The summed E-state index contributed by atoms with van der Waals surface area (Å²) in [6.07, 6.45) is 2.75. The highest BCUT2D eigenvalue weighted by Gasteiger charge is 2.19. The third-order valence-electron chi connectivity index (χ3n) is 2.86. The zero-order valence-electron chi connectivity index (χ0n) is 9.89. The van der Waals surface area contributed by atoms with Gasteiger partial charge in [0.25, 0.3) is 0 Å². The molecule has 1 aromatic rings. The fourth-order valence-corrected chi connectivity index (χ4v) is 1.98. The van der Waals surface area contributed by atoms with E-state index in [2.05, 4.69) is 0 Å². The number of hydrogen-bond acceptors (Lipinski definition) is 3. The molecule has 2 rings (SSSR count). The summed E-state index contributed by atoms with van der Waals surface area (Å²) in [5, 5.41) is 0. The van der Waals surface area contributed by atoms with Crippen molar-refractivity contribution in [1.29, 1.82) is 0 Å². The van der Waals surface area contributed by atoms with Gasteiger partial charge in [-0.15, -0.1) is 0 Å². The highest BCUT2D eigenvalue weighted by atomic mass is 16.5. The van der Waals surface area contributed by atoms with Crippen molar-refractivity contribution < 1.29 is 9.53 Å². The molecule has 1 heterocycles. The van der Waals surface area contributed by atoms with E-state index in [1.165, 1.54) is 0 Å². The van der Waals surface area contributed by atoms with Gasteiger partial charge in [0.15, 0.2) is 0 Å². The van der Waals surface area contributed by atoms with Gasteiger partial charge in [-0.2, -0.15) is 0 Å². The second-order valence-corrected chi connectivity index (χ2v) is 4.13. The average molecular weight is 234 g/mol. The summed E-state index contributed by atoms with van der Waals surface area (Å²) in [5.41, 5.74) is 6.32. The molecule has 4 heteroatoms. The lowest BCUT2D eigenvalue weighted by Gasteiger charge is -2.26. The van der Waals surface area contributed by atoms with E-state index in [-0.39, 0.29) is 5.91 Å². The second kappa shape index (κ2) is 5.68. The van der Waals surface area contributed by atoms with Crippen molar-refractivity contribution in [2.75, 3.05) is 24.6 Å². The summed E-state index contributed by atoms with van der Waals surface area (Å²) >= 11 is 0. The number of nitrogens with two attached hydrogens (primary N) is 1. The van der Waals surface area contributed by atoms with Crippen molar-refractivity contribution in [3.05, 3.63) is 24.3 Å². The second-order valence-electron chi connectivity index (χ2n) is 4.13. The maximum Gasteiger partial charge on any atom is 0.226 e. The minimum absolute atomic E-state index is 0.215. The highest BCUT2D eigenvalue weighted by molar-refractivity contribution is 5.93. The zero-order chi connectivity index (χ0) is 12.1. The average Bonchev–Trinajstić information content (AvgIpc) is 2.38. The van der Waals surface area contributed by atoms with Crippen molar-refractivity contribution >= 4 is 11.6 Å². The lowest BCUT2D eigenvalue weighted by molar-refractivity contribution is -0.119. The molecule has 2 N–H and O–H groups in total. The topological polar surface area (TPSA) is 55.6 Å². The van der Waals surface area contributed by atoms with Gasteiger partial charge in [0, 0.05) is 25.2 Å². The number of amides is 1. The van der Waals surface area contributed by atoms with Crippen LogP contribution in [0.25, 0.3) is 0 Å². The number of benzene rings is 1. The van der Waals surface area contributed by atoms with Crippen LogP contribution in [0.2, 0.25) is 0 Å². The molecule has 0 radical (unpaired) electrons. The molecule has 0 aliphatic carbocycles. The Morgan fingerprint density at radius 2 is 2.00 bits per heavy atom. The first-order chi connectivity index (χ1) is 8.31. The van der Waals surface area contributed by atoms with Gasteiger partial charge >= 0.3 is 0 Å². The Hall–Kier alpha value is -1.55. The molecule has 1 aliphatic rings. The van der Waals surface area contributed by atoms with E-state index in [0.717, 1.165) is 30.8 Å². The summed E-state index contributed by atoms with van der Waals surface area (Å²) < 4.78 is 5.40. The number of carbonyl (C=O) groups excluding carboxylic acids is 1. The summed E-state index contributed by atoms with van der Waals surface area (Å²) in [7, 11) is 0. The van der Waals surface area contributed by atoms with E-state index in [4.69, 9.17) is 10.5 Å². The van der Waals surface area contributed by atoms with Gasteiger partial charge in [-0.25, -0.2) is 0 Å². The molecular formula is C13H18N2O2. The number of nitrogens with zero attached hydrogens (tertiary/aromatic N) is 1. The van der Waals surface area contributed by atoms with Crippen molar-refractivity contribution in [2.24, 2.45) is 5.73 Å². The van der Waals surface area contributed by atoms with E-state index in [0.29, 0.717) is 19.6 Å². The lowest BCUT2D eigenvalue weighted by Crippen LogP contribution is -2.35. The molecule has 92 valence electrons. The lowest BCUT2D eigenvalue weighted by atomic mass is 10.1. The third-order valence-corrected chi connectivity index (χ3v) is 2.86. The maximum absolute atomic E-state index is 11.7. The van der Waals surface area contributed by atoms with Crippen molar-refractivity contribution in [2.45, 2.75) is 19.3 Å². The fourth-order valence-electron chi connectivity index (χ4n) is 1.98. The zero-order valence-corrected chi connectivity index (χ0v) is 9.89. The van der Waals surface area contributed by atoms with Gasteiger partial charge in [0.1, 0.15) is 12.4 Å². The van der Waals surface area contributed by atoms with Crippen molar-refractivity contribution in [1.82, 2.24) is 0 Å². The normalized spacial score (nSPS) is 16.1. The minimum atomic E-state index is 0.215. The molecule has 4 nitrogen and oxygen atoms in total. The summed E-state index contributed by atoms with van der Waals surface area (Å²) in [4.78, 5) is 13.6. The van der Waals surface area contributed by atoms with Crippen LogP contribution >= 0.6 is 0 Å². The Morgan fingerprint density at radius 1 is 1.24 bits per heavy atom. The van der Waals surface area contributed by atoms with Crippen LogP contribution in [0.15, 0.2) is 24.3 Å². The number of ether oxygens (including phenoxy) is 1. The first-order valence-corrected chi connectivity index (χ1v) is 6.04. The molecule has 1 fully saturated rings. The molecule has 0 unspecified atom stereocenters. The summed E-state index contributed by atoms with van der Waals surface area (Å²) in [6.45, 7) is 1.84. The number of carbonyl (C=O) groups is 1. The molecule has 1 aliphatic heterocycles. The fraction of sp³-hybridized carbons (Fsp3) is 0.462. The van der Waals surface area contributed by atoms with E-state index < -0.39 is 0 Å². The molecule has 0 bridgehead atoms. The Balaban J connectivity index is 2.03. The Morgan fingerprint density at radius 3 is 2.65 bits per heavy atom. The first-order valence-electron chi connectivity index (χ1n) is 6.04. The molecule has 0 saturated carbocycles. The largest absolute Gasteiger partial charge is 0.492 e. The monoisotopic (exact) mass is 234 g/mol. The molecule has 0 spiro atoms. The first kappa shape index (κ1) is 11.9. The molecule has 1 aromatic carbocycles. The van der Waals surface area contributed by atoms with Crippen LogP contribution in [0.4, 0.5) is 5.69 Å². The van der Waals surface area contributed by atoms with Crippen LogP contribution in [0.1, 0.15) is 19.3 Å². The minimum Gasteiger partial charge on any atom is -0.492 e. The molecule has 17 heavy (non-hydrogen) atoms. The quantitative estimate of drug-likeness (QED) is 0.859. The van der Waals surface area contributed by atoms with Gasteiger partial charge in [-0.1, -0.05) is 0 Å². The van der Waals surface area contributed by atoms with Crippen LogP contribution in [0, 0.1) is 0 Å². The van der Waals surface area contributed by atoms with Gasteiger partial charge in [-0.3, -0.25) is 4.79 Å². The van der Waals surface area contributed by atoms with Crippen LogP contribution in [0.3, 0.4) is 0 Å². The molecule has 1 saturated heterocycles. The van der Waals surface area contributed by atoms with Crippen LogP contribution in [-0.2, 0) is 4.79 Å². The predicted octanol–water partition coefficient (Wildman–Crippen LogP) is 1.54. The van der Waals surface area contributed by atoms with Crippen LogP contribution < -0.4 is 15.4 Å². The Labute approximate surface area is 101 Å². The summed E-state index contributed by atoms with van der Waals surface area (Å²) in [6, 6.07) is 7.61. The number of anilines is 1. The van der Waals surface area contributed by atoms with Gasteiger partial charge < -0.3 is 15.4 Å². The van der Waals surface area contributed by atoms with Crippen LogP contribution in [0.5, 0.6) is 5.75 Å². The standard InChI is InChI=1S/C13H18N2O2/c14-8-10-17-12-6-4-11(5-7-12)15-9-2-1-3-13(15)16/h4-7H,1-3,8-10,14H2. The predicted molar refractivity (Wildman–Crippen MR) is 67.2 cm³/mol. The summed E-state index contributed by atoms with van der Waals surface area (Å²) in [5.74, 6) is 1.01. The van der Waals surface area contributed by atoms with E-state index in [1.54, 1.807) is 0 Å². The molecule has 0 atom stereocenters. The SMILES string of the molecule is NCCOc1ccc(N2CCCCC2=O)cc1. The van der Waals surface area contributed by atoms with Crippen LogP contribution in [-0.4, -0.2) is 25.6 Å². The van der Waals surface area contributed by atoms with Crippen molar-refractivity contribution in [3.8, 4) is 5.75 Å². The molecular weight excluding hydrogens is 216 g/mol. The Bertz CT molecular complexity index is 376. The smallest absolute Gasteiger partial charge is 0.226 e. The number of hydrogen-bond donors (Lipinski definition) is 1. The Kier molecular flexibility index (Phi) is 3.98. The maximum atomic E-state index is 11.7. The number of piperidine rings is 1. The van der Waals surface area contributed by atoms with Crippen molar-refractivity contribution in [3.63, 3.8) is 0 Å². The van der Waals surface area contributed by atoms with E-state index >= 15 is 0 Å². The highest BCUT2D eigenvalue weighted by Crippen LogP contribution is 2.23. The van der Waals surface area contributed by atoms with Gasteiger partial charge in [-0.05, 0) is 37.1 Å². The van der Waals surface area contributed by atoms with Gasteiger partial charge in [0.05, 0.1) is 0 Å². The molecule has 1 amide bonds. The van der Waals surface area contributed by atoms with E-state index in [1.807, 2.05) is 29.2 Å². The molecule has 0 aromatic heterocycles. The van der Waals surface area contributed by atoms with Gasteiger partial charge in [0.2, 0.25) is 5.91 Å². The number of rotatable bonds is 4. The third kappa shape index (κ3) is 2.97.